The summed E-state index contributed by atoms with van der Waals surface area (Å²) in [7, 11) is 9.12. The number of nitrogens with one attached hydrogen (secondary N) is 4. The van der Waals surface area contributed by atoms with E-state index >= 15 is 0 Å². The number of amides is 8. The SMILES string of the molecule is [B]Cc1ccc(NC(=O)[C@H](CCCNC(N)=O)NC(=O)CNC(=O)CCOCCN2C(=O)C=CC2=O)cc1CN(C)C(=O)OC/C(N)=C/N(N)CCOCCOCCOCCOCCOCCOCCOCCOC. The van der Waals surface area contributed by atoms with Crippen molar-refractivity contribution < 1.29 is 80.9 Å². The number of carbonyl (C=O) groups is 7. The quantitative estimate of drug-likeness (QED) is 0.0122. The first kappa shape index (κ1) is 65.2. The summed E-state index contributed by atoms with van der Waals surface area (Å²) in [6, 6.07) is 3.06. The van der Waals surface area contributed by atoms with Crippen LogP contribution in [0.4, 0.5) is 15.3 Å². The number of anilines is 1. The highest BCUT2D eigenvalue weighted by Gasteiger charge is 2.24. The molecule has 2 rings (SSSR count). The Kier molecular flexibility index (Phi) is 35.9. The first-order valence-corrected chi connectivity index (χ1v) is 24.5. The van der Waals surface area contributed by atoms with Crippen LogP contribution in [0.5, 0.6) is 0 Å². The van der Waals surface area contributed by atoms with Crippen LogP contribution in [0.2, 0.25) is 0 Å². The van der Waals surface area contributed by atoms with Crippen molar-refractivity contribution >= 4 is 55.2 Å². The van der Waals surface area contributed by atoms with E-state index in [1.807, 2.05) is 0 Å². The van der Waals surface area contributed by atoms with Crippen molar-refractivity contribution in [3.8, 4) is 0 Å². The molecule has 0 spiro atoms. The molecule has 0 fully saturated rings. The van der Waals surface area contributed by atoms with Gasteiger partial charge in [-0.15, -0.1) is 0 Å². The number of methoxy groups -OCH3 is 1. The van der Waals surface area contributed by atoms with Gasteiger partial charge in [-0.3, -0.25) is 28.9 Å². The lowest BCUT2D eigenvalue weighted by molar-refractivity contribution is -0.138. The Morgan fingerprint density at radius 2 is 1.27 bits per heavy atom. The van der Waals surface area contributed by atoms with E-state index < -0.39 is 54.2 Å². The molecule has 75 heavy (non-hydrogen) atoms. The molecule has 0 bridgehead atoms. The van der Waals surface area contributed by atoms with Crippen LogP contribution in [0.15, 0.2) is 42.2 Å². The van der Waals surface area contributed by atoms with Crippen LogP contribution in [0.3, 0.4) is 0 Å². The molecule has 8 amide bonds. The van der Waals surface area contributed by atoms with E-state index in [1.54, 1.807) is 25.3 Å². The van der Waals surface area contributed by atoms with E-state index in [9.17, 15) is 33.6 Å². The molecule has 0 aromatic heterocycles. The van der Waals surface area contributed by atoms with Crippen LogP contribution < -0.4 is 38.6 Å². The van der Waals surface area contributed by atoms with Gasteiger partial charge in [0.15, 0.2) is 0 Å². The number of hydrazine groups is 1. The van der Waals surface area contributed by atoms with Crippen molar-refractivity contribution in [1.82, 2.24) is 30.8 Å². The number of primary amides is 1. The summed E-state index contributed by atoms with van der Waals surface area (Å²) in [5.74, 6) is 3.34. The maximum Gasteiger partial charge on any atom is 0.410 e. The summed E-state index contributed by atoms with van der Waals surface area (Å²) >= 11 is 0. The Hall–Kier alpha value is -5.95. The van der Waals surface area contributed by atoms with E-state index in [0.717, 1.165) is 17.1 Å². The van der Waals surface area contributed by atoms with Gasteiger partial charge in [0.1, 0.15) is 12.6 Å². The Labute approximate surface area is 439 Å². The van der Waals surface area contributed by atoms with Gasteiger partial charge in [0.2, 0.25) is 17.7 Å². The van der Waals surface area contributed by atoms with Crippen molar-refractivity contribution in [2.24, 2.45) is 17.3 Å². The second kappa shape index (κ2) is 41.3. The third-order valence-electron chi connectivity index (χ3n) is 10.2. The number of urea groups is 1. The number of hydrogen-bond acceptors (Lipinski definition) is 20. The molecule has 0 unspecified atom stereocenters. The van der Waals surface area contributed by atoms with Crippen LogP contribution in [0.1, 0.15) is 30.4 Å². The molecule has 10 N–H and O–H groups in total. The molecule has 420 valence electrons. The fraction of sp³-hybridized carbons (Fsp3) is 0.638. The predicted molar refractivity (Wildman–Crippen MR) is 271 cm³/mol. The van der Waals surface area contributed by atoms with Crippen molar-refractivity contribution in [1.29, 1.82) is 0 Å². The molecule has 2 radical (unpaired) electrons. The Bertz CT molecular complexity index is 1900. The van der Waals surface area contributed by atoms with Gasteiger partial charge in [-0.25, -0.2) is 15.4 Å². The summed E-state index contributed by atoms with van der Waals surface area (Å²) in [5, 5.41) is 11.5. The minimum atomic E-state index is -1.10. The molecule has 1 aliphatic heterocycles. The molecule has 0 saturated carbocycles. The summed E-state index contributed by atoms with van der Waals surface area (Å²) in [6.45, 7) is 6.43. The lowest BCUT2D eigenvalue weighted by Crippen LogP contribution is -2.47. The molecule has 1 aromatic carbocycles. The summed E-state index contributed by atoms with van der Waals surface area (Å²) in [6.07, 6.45) is 3.38. The van der Waals surface area contributed by atoms with Crippen molar-refractivity contribution in [2.45, 2.75) is 38.2 Å². The molecular weight excluding hydrogens is 987 g/mol. The van der Waals surface area contributed by atoms with Crippen LogP contribution in [0.25, 0.3) is 0 Å². The van der Waals surface area contributed by atoms with E-state index in [1.165, 1.54) is 23.2 Å². The molecule has 28 heteroatoms. The monoisotopic (exact) mass is 1060 g/mol. The first-order chi connectivity index (χ1) is 36.2. The first-order valence-electron chi connectivity index (χ1n) is 24.5. The van der Waals surface area contributed by atoms with Gasteiger partial charge in [0.05, 0.1) is 145 Å². The zero-order valence-electron chi connectivity index (χ0n) is 43.2. The van der Waals surface area contributed by atoms with Gasteiger partial charge in [-0.2, -0.15) is 0 Å². The van der Waals surface area contributed by atoms with E-state index in [-0.39, 0.29) is 77.3 Å². The molecule has 1 aliphatic rings. The molecule has 1 aromatic rings. The normalized spacial score (nSPS) is 12.7. The summed E-state index contributed by atoms with van der Waals surface area (Å²) < 4.78 is 53.8. The number of nitrogens with zero attached hydrogens (tertiary/aromatic N) is 3. The summed E-state index contributed by atoms with van der Waals surface area (Å²) in [5.41, 5.74) is 13.0. The van der Waals surface area contributed by atoms with E-state index in [4.69, 9.17) is 72.5 Å². The van der Waals surface area contributed by atoms with Gasteiger partial charge in [-0.1, -0.05) is 17.9 Å². The van der Waals surface area contributed by atoms with Crippen molar-refractivity contribution in [2.75, 3.05) is 165 Å². The van der Waals surface area contributed by atoms with Crippen molar-refractivity contribution in [3.63, 3.8) is 0 Å². The standard InChI is InChI=1S/C47H77BN10O17/c1-56(47(65)75-35-38(49)34-57(51)11-14-68-18-19-70-22-23-72-26-27-74-29-28-73-25-24-71-21-20-69-17-16-66-2)33-37-30-39(6-5-36(37)31-48)54-45(63)40(4-3-10-52-46(50)64)55-42(60)32-53-41(59)9-13-67-15-12-58-43(61)7-8-44(58)62/h5-8,30,34,40H,3-4,9-29,31-33,35,49,51H2,1-2H3,(H,53,59)(H,54,63)(H,55,60)(H3,50,52,64)/b38-34-/t40-/m0/s1. The number of carbonyl (C=O) groups excluding carboxylic acids is 7. The molecule has 27 nitrogen and oxygen atoms in total. The Balaban J connectivity index is 1.66. The maximum absolute atomic E-state index is 13.5. The second-order valence-corrected chi connectivity index (χ2v) is 16.2. The Morgan fingerprint density at radius 3 is 1.81 bits per heavy atom. The predicted octanol–water partition coefficient (Wildman–Crippen LogP) is -2.02. The van der Waals surface area contributed by atoms with Gasteiger partial charge in [0, 0.05) is 57.7 Å². The zero-order valence-corrected chi connectivity index (χ0v) is 43.2. The lowest BCUT2D eigenvalue weighted by atomic mass is 9.92. The van der Waals surface area contributed by atoms with Crippen LogP contribution >= 0.6 is 0 Å². The topological polar surface area (TPSA) is 348 Å². The van der Waals surface area contributed by atoms with E-state index in [2.05, 4.69) is 21.3 Å². The van der Waals surface area contributed by atoms with Crippen molar-refractivity contribution in [3.05, 3.63) is 53.4 Å². The zero-order chi connectivity index (χ0) is 54.9. The highest BCUT2D eigenvalue weighted by molar-refractivity contribution is 6.12. The smallest absolute Gasteiger partial charge is 0.410 e. The highest BCUT2D eigenvalue weighted by atomic mass is 16.6. The van der Waals surface area contributed by atoms with Gasteiger partial charge in [-0.05, 0) is 30.5 Å². The second-order valence-electron chi connectivity index (χ2n) is 16.2. The average Bonchev–Trinajstić information content (AvgIpc) is 3.70. The van der Waals surface area contributed by atoms with Crippen LogP contribution in [0, 0.1) is 0 Å². The number of nitrogens with two attached hydrogens (primary N) is 3. The van der Waals surface area contributed by atoms with E-state index in [0.29, 0.717) is 116 Å². The molecule has 0 aliphatic carbocycles. The third kappa shape index (κ3) is 32.2. The minimum absolute atomic E-state index is 0.0241. The van der Waals surface area contributed by atoms with Crippen LogP contribution in [-0.4, -0.2) is 230 Å². The fourth-order valence-corrected chi connectivity index (χ4v) is 6.28. The Morgan fingerprint density at radius 1 is 0.720 bits per heavy atom. The number of rotatable bonds is 45. The minimum Gasteiger partial charge on any atom is -0.443 e. The maximum atomic E-state index is 13.5. The molecule has 1 atom stereocenters. The third-order valence-corrected chi connectivity index (χ3v) is 10.2. The fourth-order valence-electron chi connectivity index (χ4n) is 6.28. The van der Waals surface area contributed by atoms with Gasteiger partial charge >= 0.3 is 12.1 Å². The largest absolute Gasteiger partial charge is 0.443 e. The van der Waals surface area contributed by atoms with Gasteiger partial charge < -0.3 is 90.0 Å². The summed E-state index contributed by atoms with van der Waals surface area (Å²) in [4.78, 5) is 88.5. The number of benzene rings is 1. The highest BCUT2D eigenvalue weighted by Crippen LogP contribution is 2.19. The number of ether oxygens (including phenoxy) is 10. The molecule has 1 heterocycles. The number of imide groups is 1. The number of hydrogen-bond donors (Lipinski definition) is 7. The van der Waals surface area contributed by atoms with Gasteiger partial charge in [0.25, 0.3) is 11.8 Å². The van der Waals surface area contributed by atoms with Crippen LogP contribution in [-0.2, 0) is 84.2 Å². The molecular formula is C47H77BN10O17. The lowest BCUT2D eigenvalue weighted by Gasteiger charge is -2.21. The average molecular weight is 1060 g/mol. The molecule has 0 saturated heterocycles.